The number of nitrogens with one attached hydrogen (secondary N) is 1. The largest absolute Gasteiger partial charge is 0.433 e. The topological polar surface area (TPSA) is 37.3 Å². The zero-order valence-corrected chi connectivity index (χ0v) is 16.2. The number of pyridine rings is 1. The van der Waals surface area contributed by atoms with E-state index < -0.39 is 11.9 Å². The third-order valence-corrected chi connectivity index (χ3v) is 4.11. The summed E-state index contributed by atoms with van der Waals surface area (Å²) >= 11 is 5.98. The predicted molar refractivity (Wildman–Crippen MR) is 112 cm³/mol. The van der Waals surface area contributed by atoms with Crippen molar-refractivity contribution in [2.24, 2.45) is 4.99 Å². The molecule has 0 unspecified atom stereocenters. The number of hydrogen-bond donors (Lipinski definition) is 1. The standard InChI is InChI=1S/C22H17ClF3N3/c1-14(27-20-13-7-12-19(29-20)22(24,25)26)21-17(16-8-4-3-5-9-16)10-6-11-18(21)28-15(2)23/h3-13H,1H2,2H3,(H,27,29). The van der Waals surface area contributed by atoms with Gasteiger partial charge in [-0.05, 0) is 36.2 Å². The maximum atomic E-state index is 13.0. The summed E-state index contributed by atoms with van der Waals surface area (Å²) in [4.78, 5) is 7.99. The molecular formula is C22H17ClF3N3. The van der Waals surface area contributed by atoms with E-state index in [0.29, 0.717) is 22.1 Å². The molecular weight excluding hydrogens is 399 g/mol. The second kappa shape index (κ2) is 8.49. The molecule has 7 heteroatoms. The van der Waals surface area contributed by atoms with E-state index in [1.54, 1.807) is 13.0 Å². The molecule has 0 amide bonds. The molecule has 3 rings (SSSR count). The summed E-state index contributed by atoms with van der Waals surface area (Å²) in [5, 5.41) is 3.20. The highest BCUT2D eigenvalue weighted by atomic mass is 35.5. The van der Waals surface area contributed by atoms with Gasteiger partial charge in [-0.2, -0.15) is 13.2 Å². The van der Waals surface area contributed by atoms with Gasteiger partial charge in [0.2, 0.25) is 0 Å². The summed E-state index contributed by atoms with van der Waals surface area (Å²) in [5.74, 6) is 0.0326. The Morgan fingerprint density at radius 3 is 2.34 bits per heavy atom. The minimum absolute atomic E-state index is 0.0326. The number of hydrogen-bond acceptors (Lipinski definition) is 3. The molecule has 1 N–H and O–H groups in total. The number of halogens is 4. The van der Waals surface area contributed by atoms with E-state index in [0.717, 1.165) is 17.2 Å². The number of rotatable bonds is 5. The van der Waals surface area contributed by atoms with E-state index in [-0.39, 0.29) is 5.82 Å². The SMILES string of the molecule is C=C(Nc1cccc(C(F)(F)F)n1)c1c(N=C(C)Cl)cccc1-c1ccccc1. The lowest BCUT2D eigenvalue weighted by molar-refractivity contribution is -0.141. The molecule has 0 aliphatic carbocycles. The molecule has 0 spiro atoms. The van der Waals surface area contributed by atoms with Crippen molar-refractivity contribution in [3.05, 3.63) is 84.6 Å². The molecule has 0 aliphatic heterocycles. The van der Waals surface area contributed by atoms with Crippen LogP contribution in [0.25, 0.3) is 16.8 Å². The van der Waals surface area contributed by atoms with Crippen molar-refractivity contribution in [2.75, 3.05) is 5.32 Å². The number of nitrogens with zero attached hydrogens (tertiary/aromatic N) is 2. The van der Waals surface area contributed by atoms with Gasteiger partial charge in [-0.25, -0.2) is 9.98 Å². The van der Waals surface area contributed by atoms with Crippen LogP contribution in [0, 0.1) is 0 Å². The summed E-state index contributed by atoms with van der Waals surface area (Å²) in [5.41, 5.74) is 2.26. The summed E-state index contributed by atoms with van der Waals surface area (Å²) in [7, 11) is 0. The van der Waals surface area contributed by atoms with E-state index in [9.17, 15) is 13.2 Å². The molecule has 0 saturated heterocycles. The molecule has 0 saturated carbocycles. The van der Waals surface area contributed by atoms with Gasteiger partial charge in [-0.3, -0.25) is 0 Å². The van der Waals surface area contributed by atoms with E-state index in [2.05, 4.69) is 21.9 Å². The molecule has 2 aromatic carbocycles. The number of aliphatic imine (C=N–C) groups is 1. The molecule has 3 aromatic rings. The van der Waals surface area contributed by atoms with Crippen LogP contribution in [0.15, 0.2) is 78.3 Å². The van der Waals surface area contributed by atoms with Crippen LogP contribution < -0.4 is 5.32 Å². The lowest BCUT2D eigenvalue weighted by atomic mass is 9.96. The van der Waals surface area contributed by atoms with Crippen LogP contribution in [0.1, 0.15) is 18.2 Å². The van der Waals surface area contributed by atoms with Crippen LogP contribution in [0.3, 0.4) is 0 Å². The smallest absolute Gasteiger partial charge is 0.340 e. The molecule has 0 aliphatic rings. The molecule has 1 aromatic heterocycles. The Bertz CT molecular complexity index is 1060. The van der Waals surface area contributed by atoms with Crippen LogP contribution in [0.2, 0.25) is 0 Å². The Morgan fingerprint density at radius 2 is 1.69 bits per heavy atom. The molecule has 0 atom stereocenters. The van der Waals surface area contributed by atoms with Crippen molar-refractivity contribution < 1.29 is 13.2 Å². The average molecular weight is 416 g/mol. The van der Waals surface area contributed by atoms with Crippen LogP contribution in [0.4, 0.5) is 24.7 Å². The van der Waals surface area contributed by atoms with Gasteiger partial charge in [0.1, 0.15) is 16.7 Å². The van der Waals surface area contributed by atoms with Gasteiger partial charge in [0.05, 0.1) is 5.69 Å². The highest BCUT2D eigenvalue weighted by molar-refractivity contribution is 6.65. The zero-order chi connectivity index (χ0) is 21.0. The third-order valence-electron chi connectivity index (χ3n) is 4.02. The van der Waals surface area contributed by atoms with Gasteiger partial charge in [0.15, 0.2) is 0 Å². The van der Waals surface area contributed by atoms with E-state index >= 15 is 0 Å². The van der Waals surface area contributed by atoms with Crippen molar-refractivity contribution in [3.63, 3.8) is 0 Å². The third kappa shape index (κ3) is 5.03. The molecule has 148 valence electrons. The summed E-state index contributed by atoms with van der Waals surface area (Å²) < 4.78 is 38.9. The molecule has 0 fully saturated rings. The molecule has 3 nitrogen and oxygen atoms in total. The van der Waals surface area contributed by atoms with Crippen molar-refractivity contribution in [1.29, 1.82) is 0 Å². The highest BCUT2D eigenvalue weighted by Gasteiger charge is 2.32. The van der Waals surface area contributed by atoms with Gasteiger partial charge < -0.3 is 5.32 Å². The normalized spacial score (nSPS) is 12.0. The minimum atomic E-state index is -4.54. The molecule has 0 bridgehead atoms. The summed E-state index contributed by atoms with van der Waals surface area (Å²) in [6.45, 7) is 5.67. The monoisotopic (exact) mass is 415 g/mol. The van der Waals surface area contributed by atoms with Crippen LogP contribution >= 0.6 is 11.6 Å². The van der Waals surface area contributed by atoms with Gasteiger partial charge >= 0.3 is 6.18 Å². The fourth-order valence-corrected chi connectivity index (χ4v) is 2.95. The van der Waals surface area contributed by atoms with Crippen molar-refractivity contribution in [3.8, 4) is 11.1 Å². The second-order valence-electron chi connectivity index (χ2n) is 6.18. The van der Waals surface area contributed by atoms with Gasteiger partial charge in [-0.15, -0.1) is 0 Å². The van der Waals surface area contributed by atoms with Gasteiger partial charge in [0.25, 0.3) is 0 Å². The number of alkyl halides is 3. The fraction of sp³-hybridized carbons (Fsp3) is 0.0909. The average Bonchev–Trinajstić information content (AvgIpc) is 2.67. The Balaban J connectivity index is 2.07. The number of anilines is 1. The quantitative estimate of drug-likeness (QED) is 0.449. The first kappa shape index (κ1) is 20.6. The minimum Gasteiger partial charge on any atom is -0.340 e. The number of aromatic nitrogens is 1. The Kier molecular flexibility index (Phi) is 6.03. The first-order valence-corrected chi connectivity index (χ1v) is 9.03. The summed E-state index contributed by atoms with van der Waals surface area (Å²) in [6, 6.07) is 18.7. The second-order valence-corrected chi connectivity index (χ2v) is 6.73. The van der Waals surface area contributed by atoms with Gasteiger partial charge in [0, 0.05) is 11.3 Å². The lowest BCUT2D eigenvalue weighted by Gasteiger charge is -2.17. The molecule has 29 heavy (non-hydrogen) atoms. The van der Waals surface area contributed by atoms with Crippen LogP contribution in [-0.2, 0) is 6.18 Å². The van der Waals surface area contributed by atoms with Crippen molar-refractivity contribution in [1.82, 2.24) is 4.98 Å². The Labute approximate surface area is 171 Å². The Morgan fingerprint density at radius 1 is 1.00 bits per heavy atom. The number of benzene rings is 2. The molecule has 0 radical (unpaired) electrons. The maximum Gasteiger partial charge on any atom is 0.433 e. The van der Waals surface area contributed by atoms with Crippen LogP contribution in [0.5, 0.6) is 0 Å². The highest BCUT2D eigenvalue weighted by Crippen LogP contribution is 2.36. The fourth-order valence-electron chi connectivity index (χ4n) is 2.85. The van der Waals surface area contributed by atoms with Crippen molar-refractivity contribution >= 4 is 34.0 Å². The van der Waals surface area contributed by atoms with E-state index in [1.807, 2.05) is 42.5 Å². The maximum absolute atomic E-state index is 13.0. The Hall–Kier alpha value is -3.12. The van der Waals surface area contributed by atoms with E-state index in [4.69, 9.17) is 11.6 Å². The van der Waals surface area contributed by atoms with Gasteiger partial charge in [-0.1, -0.05) is 66.7 Å². The first-order chi connectivity index (χ1) is 13.8. The predicted octanol–water partition coefficient (Wildman–Crippen LogP) is 7.14. The molecule has 1 heterocycles. The van der Waals surface area contributed by atoms with Crippen molar-refractivity contribution in [2.45, 2.75) is 13.1 Å². The lowest BCUT2D eigenvalue weighted by Crippen LogP contribution is -2.10. The van der Waals surface area contributed by atoms with E-state index in [1.165, 1.54) is 12.1 Å². The summed E-state index contributed by atoms with van der Waals surface area (Å²) in [6.07, 6.45) is -4.54. The zero-order valence-electron chi connectivity index (χ0n) is 15.5. The first-order valence-electron chi connectivity index (χ1n) is 8.65. The van der Waals surface area contributed by atoms with Crippen LogP contribution in [-0.4, -0.2) is 10.2 Å².